The number of amides is 1. The lowest BCUT2D eigenvalue weighted by molar-refractivity contribution is -0.138. The number of nitrogens with one attached hydrogen (secondary N) is 2. The molecule has 0 unspecified atom stereocenters. The van der Waals surface area contributed by atoms with Gasteiger partial charge in [-0.3, -0.25) is 14.9 Å². The molecule has 1 amide bonds. The molecule has 0 bridgehead atoms. The summed E-state index contributed by atoms with van der Waals surface area (Å²) in [7, 11) is 0. The van der Waals surface area contributed by atoms with Gasteiger partial charge in [-0.2, -0.15) is 18.3 Å². The second kappa shape index (κ2) is 10.4. The third kappa shape index (κ3) is 5.01. The standard InChI is InChI=1S/C27H25F3N8O3/c1-2-41-16-10-17(24-18-12-33-35-25(18)36-38(24)13-16)15-5-6-22(32-11-15)37-9-7-20(21(39)14-37)34-26(40)23-19(27(28,29)30)4-3-8-31-23/h3-6,8,10-13,20-21,39H,2,7,9,14H2,1H3,(H,34,40)(H,35,36)/t20-,21+/m0/s1. The Balaban J connectivity index is 1.19. The van der Waals surface area contributed by atoms with Gasteiger partial charge in [0.2, 0.25) is 0 Å². The van der Waals surface area contributed by atoms with E-state index in [0.717, 1.165) is 40.4 Å². The van der Waals surface area contributed by atoms with Crippen LogP contribution in [0.3, 0.4) is 0 Å². The number of alkyl halides is 3. The van der Waals surface area contributed by atoms with Crippen molar-refractivity contribution in [3.8, 4) is 16.9 Å². The number of carbonyl (C=O) groups is 1. The maximum Gasteiger partial charge on any atom is 0.418 e. The summed E-state index contributed by atoms with van der Waals surface area (Å²) in [5.41, 5.74) is 1.32. The summed E-state index contributed by atoms with van der Waals surface area (Å²) in [5.74, 6) is 0.281. The molecule has 6 heterocycles. The van der Waals surface area contributed by atoms with Gasteiger partial charge < -0.3 is 20.1 Å². The SMILES string of the molecule is CCOc1cc(-c2ccc(N3CC[C@H](NC(=O)c4ncccc4C(F)(F)F)[C@H](O)C3)nc2)c2c3cn[nH]c3nn2c1. The molecule has 0 aliphatic carbocycles. The third-order valence-electron chi connectivity index (χ3n) is 7.02. The first kappa shape index (κ1) is 26.5. The van der Waals surface area contributed by atoms with Crippen molar-refractivity contribution in [1.82, 2.24) is 35.1 Å². The van der Waals surface area contributed by atoms with Crippen LogP contribution in [-0.2, 0) is 6.18 Å². The van der Waals surface area contributed by atoms with E-state index in [4.69, 9.17) is 4.74 Å². The number of carbonyl (C=O) groups excluding carboxylic acids is 1. The van der Waals surface area contributed by atoms with Crippen LogP contribution in [0, 0.1) is 0 Å². The van der Waals surface area contributed by atoms with Crippen LogP contribution in [0.5, 0.6) is 5.75 Å². The van der Waals surface area contributed by atoms with Crippen molar-refractivity contribution in [2.75, 3.05) is 24.6 Å². The fourth-order valence-corrected chi connectivity index (χ4v) is 5.10. The van der Waals surface area contributed by atoms with Crippen LogP contribution in [-0.4, -0.2) is 72.6 Å². The molecule has 1 saturated heterocycles. The molecule has 0 spiro atoms. The number of aromatic nitrogens is 6. The Morgan fingerprint density at radius 2 is 2.10 bits per heavy atom. The molecule has 41 heavy (non-hydrogen) atoms. The zero-order valence-corrected chi connectivity index (χ0v) is 21.8. The first-order chi connectivity index (χ1) is 19.7. The molecule has 6 rings (SSSR count). The Morgan fingerprint density at radius 1 is 1.24 bits per heavy atom. The summed E-state index contributed by atoms with van der Waals surface area (Å²) in [6.45, 7) is 2.95. The van der Waals surface area contributed by atoms with Crippen LogP contribution in [0.25, 0.3) is 27.7 Å². The lowest BCUT2D eigenvalue weighted by atomic mass is 10.0. The average Bonchev–Trinajstić information content (AvgIpc) is 3.55. The normalized spacial score (nSPS) is 17.7. The highest BCUT2D eigenvalue weighted by Crippen LogP contribution is 2.34. The Kier molecular flexibility index (Phi) is 6.69. The second-order valence-electron chi connectivity index (χ2n) is 9.63. The van der Waals surface area contributed by atoms with Crippen molar-refractivity contribution >= 4 is 28.3 Å². The number of anilines is 1. The van der Waals surface area contributed by atoms with E-state index in [-0.39, 0.29) is 6.54 Å². The predicted molar refractivity (Wildman–Crippen MR) is 143 cm³/mol. The van der Waals surface area contributed by atoms with E-state index in [1.807, 2.05) is 30.0 Å². The van der Waals surface area contributed by atoms with Gasteiger partial charge in [-0.25, -0.2) is 9.50 Å². The molecule has 0 radical (unpaired) electrons. The number of fused-ring (bicyclic) bond motifs is 3. The highest BCUT2D eigenvalue weighted by Gasteiger charge is 2.37. The molecule has 11 nitrogen and oxygen atoms in total. The van der Waals surface area contributed by atoms with Crippen molar-refractivity contribution in [3.05, 3.63) is 66.4 Å². The molecule has 212 valence electrons. The lowest BCUT2D eigenvalue weighted by Gasteiger charge is -2.37. The van der Waals surface area contributed by atoms with Crippen molar-refractivity contribution in [1.29, 1.82) is 0 Å². The number of β-amino-alcohol motifs (C(OH)–C–C–N with tert-alkyl or cyclic N) is 1. The number of aliphatic hydroxyl groups is 1. The molecule has 0 saturated carbocycles. The fraction of sp³-hybridized carbons (Fsp3) is 0.296. The van der Waals surface area contributed by atoms with Crippen LogP contribution in [0.15, 0.2) is 55.1 Å². The number of ether oxygens (including phenoxy) is 1. The van der Waals surface area contributed by atoms with Crippen LogP contribution in [0.2, 0.25) is 0 Å². The van der Waals surface area contributed by atoms with Crippen molar-refractivity contribution in [2.24, 2.45) is 0 Å². The number of nitrogens with zero attached hydrogens (tertiary/aromatic N) is 6. The molecular formula is C27H25F3N8O3. The minimum atomic E-state index is -4.72. The highest BCUT2D eigenvalue weighted by atomic mass is 19.4. The topological polar surface area (TPSA) is 134 Å². The largest absolute Gasteiger partial charge is 0.492 e. The minimum Gasteiger partial charge on any atom is -0.492 e. The van der Waals surface area contributed by atoms with Gasteiger partial charge >= 0.3 is 6.18 Å². The number of halogens is 3. The van der Waals surface area contributed by atoms with Crippen LogP contribution < -0.4 is 15.0 Å². The summed E-state index contributed by atoms with van der Waals surface area (Å²) >= 11 is 0. The zero-order valence-electron chi connectivity index (χ0n) is 21.8. The summed E-state index contributed by atoms with van der Waals surface area (Å²) in [5, 5.41) is 25.6. The van der Waals surface area contributed by atoms with Gasteiger partial charge in [0.15, 0.2) is 5.65 Å². The van der Waals surface area contributed by atoms with Crippen molar-refractivity contribution < 1.29 is 27.8 Å². The minimum absolute atomic E-state index is 0.133. The van der Waals surface area contributed by atoms with Crippen molar-refractivity contribution in [2.45, 2.75) is 31.7 Å². The number of hydrogen-bond acceptors (Lipinski definition) is 8. The van der Waals surface area contributed by atoms with Crippen molar-refractivity contribution in [3.63, 3.8) is 0 Å². The van der Waals surface area contributed by atoms with Gasteiger partial charge in [0.1, 0.15) is 17.3 Å². The quantitative estimate of drug-likeness (QED) is 0.285. The van der Waals surface area contributed by atoms with Crippen LogP contribution in [0.4, 0.5) is 19.0 Å². The number of rotatable bonds is 6. The van der Waals surface area contributed by atoms with E-state index in [9.17, 15) is 23.1 Å². The molecule has 5 aromatic rings. The Bertz CT molecular complexity index is 1720. The van der Waals surface area contributed by atoms with E-state index in [2.05, 4.69) is 30.6 Å². The van der Waals surface area contributed by atoms with E-state index in [0.29, 0.717) is 36.8 Å². The number of hydrogen-bond donors (Lipinski definition) is 3. The number of aromatic amines is 1. The molecule has 5 aromatic heterocycles. The summed E-state index contributed by atoms with van der Waals surface area (Å²) < 4.78 is 47.4. The smallest absolute Gasteiger partial charge is 0.418 e. The maximum absolute atomic E-state index is 13.3. The van der Waals surface area contributed by atoms with Gasteiger partial charge in [-0.15, -0.1) is 5.10 Å². The van der Waals surface area contributed by atoms with E-state index >= 15 is 0 Å². The third-order valence-corrected chi connectivity index (χ3v) is 7.02. The number of H-pyrrole nitrogens is 1. The summed E-state index contributed by atoms with van der Waals surface area (Å²) in [4.78, 5) is 22.7. The maximum atomic E-state index is 13.3. The van der Waals surface area contributed by atoms with Crippen LogP contribution >= 0.6 is 0 Å². The highest BCUT2D eigenvalue weighted by molar-refractivity contribution is 6.01. The molecular weight excluding hydrogens is 541 g/mol. The summed E-state index contributed by atoms with van der Waals surface area (Å²) in [6.07, 6.45) is 0.914. The van der Waals surface area contributed by atoms with Gasteiger partial charge in [0, 0.05) is 36.6 Å². The van der Waals surface area contributed by atoms with Gasteiger partial charge in [0.05, 0.1) is 47.6 Å². The van der Waals surface area contributed by atoms with Gasteiger partial charge in [-0.1, -0.05) is 0 Å². The molecule has 3 N–H and O–H groups in total. The molecule has 1 fully saturated rings. The number of piperidine rings is 1. The lowest BCUT2D eigenvalue weighted by Crippen LogP contribution is -2.54. The first-order valence-corrected chi connectivity index (χ1v) is 12.9. The van der Waals surface area contributed by atoms with E-state index < -0.39 is 35.5 Å². The van der Waals surface area contributed by atoms with Gasteiger partial charge in [0.25, 0.3) is 5.91 Å². The monoisotopic (exact) mass is 566 g/mol. The van der Waals surface area contributed by atoms with E-state index in [1.165, 1.54) is 0 Å². The zero-order chi connectivity index (χ0) is 28.7. The molecule has 2 atom stereocenters. The molecule has 0 aromatic carbocycles. The fourth-order valence-electron chi connectivity index (χ4n) is 5.10. The Morgan fingerprint density at radius 3 is 2.83 bits per heavy atom. The molecule has 1 aliphatic rings. The predicted octanol–water partition coefficient (Wildman–Crippen LogP) is 3.45. The Labute approximate surface area is 231 Å². The number of aliphatic hydroxyl groups excluding tert-OH is 1. The van der Waals surface area contributed by atoms with Gasteiger partial charge in [-0.05, 0) is 43.7 Å². The first-order valence-electron chi connectivity index (χ1n) is 12.9. The molecule has 14 heteroatoms. The van der Waals surface area contributed by atoms with E-state index in [1.54, 1.807) is 23.1 Å². The Hall–Kier alpha value is -4.72. The molecule has 1 aliphatic heterocycles. The second-order valence-corrected chi connectivity index (χ2v) is 9.63. The summed E-state index contributed by atoms with van der Waals surface area (Å²) in [6, 6.07) is 6.85. The van der Waals surface area contributed by atoms with Crippen LogP contribution in [0.1, 0.15) is 29.4 Å². The number of pyridine rings is 3. The average molecular weight is 567 g/mol.